The summed E-state index contributed by atoms with van der Waals surface area (Å²) in [6.07, 6.45) is 2.21. The third-order valence-electron chi connectivity index (χ3n) is 9.26. The van der Waals surface area contributed by atoms with E-state index in [2.05, 4.69) is 15.6 Å². The quantitative estimate of drug-likeness (QED) is 0.112. The first-order valence-electron chi connectivity index (χ1n) is 18.2. The number of carbonyl (C=O) groups excluding carboxylic acids is 3. The van der Waals surface area contributed by atoms with Gasteiger partial charge in [-0.25, -0.2) is 4.98 Å². The Hall–Kier alpha value is -3.69. The molecular formula is C39H54N4O8S2. The Kier molecular flexibility index (Phi) is 15.1. The van der Waals surface area contributed by atoms with Crippen molar-refractivity contribution < 1.29 is 36.8 Å². The SMILES string of the molecule is Cc1ccc(S(=O)(=O)OCCCCCCOCCC(=O)NC(C(=O)N2C[C@H](O)C[C@H]2C(=O)NC(C)c2ccc(-c3scnc3C)cc2)C(C)(C)C)cc1. The molecule has 0 saturated carbocycles. The van der Waals surface area contributed by atoms with E-state index < -0.39 is 39.6 Å². The molecule has 1 fully saturated rings. The number of unbranched alkanes of at least 4 members (excludes halogenated alkanes) is 3. The van der Waals surface area contributed by atoms with Crippen LogP contribution in [-0.2, 0) is 33.4 Å². The number of benzene rings is 2. The summed E-state index contributed by atoms with van der Waals surface area (Å²) in [6.45, 7) is 12.0. The van der Waals surface area contributed by atoms with Crippen LogP contribution in [0.1, 0.15) is 89.1 Å². The van der Waals surface area contributed by atoms with Crippen molar-refractivity contribution in [1.82, 2.24) is 20.5 Å². The van der Waals surface area contributed by atoms with Crippen LogP contribution in [0.5, 0.6) is 0 Å². The largest absolute Gasteiger partial charge is 0.391 e. The van der Waals surface area contributed by atoms with E-state index >= 15 is 0 Å². The number of nitrogens with one attached hydrogen (secondary N) is 2. The van der Waals surface area contributed by atoms with Gasteiger partial charge in [0.2, 0.25) is 17.7 Å². The van der Waals surface area contributed by atoms with Crippen LogP contribution in [0.15, 0.2) is 58.9 Å². The average Bonchev–Trinajstić information content (AvgIpc) is 3.72. The number of amides is 3. The van der Waals surface area contributed by atoms with Gasteiger partial charge in [-0.15, -0.1) is 11.3 Å². The molecule has 53 heavy (non-hydrogen) atoms. The zero-order valence-corrected chi connectivity index (χ0v) is 33.2. The lowest BCUT2D eigenvalue weighted by atomic mass is 9.85. The van der Waals surface area contributed by atoms with Gasteiger partial charge in [-0.1, -0.05) is 75.6 Å². The molecule has 4 atom stereocenters. The minimum absolute atomic E-state index is 0.00551. The van der Waals surface area contributed by atoms with Gasteiger partial charge in [-0.2, -0.15) is 8.42 Å². The van der Waals surface area contributed by atoms with E-state index in [1.54, 1.807) is 23.5 Å². The highest BCUT2D eigenvalue weighted by molar-refractivity contribution is 7.86. The van der Waals surface area contributed by atoms with Crippen LogP contribution in [0, 0.1) is 19.3 Å². The van der Waals surface area contributed by atoms with Gasteiger partial charge < -0.3 is 25.4 Å². The second kappa shape index (κ2) is 19.1. The zero-order chi connectivity index (χ0) is 38.8. The molecule has 2 aromatic carbocycles. The monoisotopic (exact) mass is 770 g/mol. The van der Waals surface area contributed by atoms with E-state index in [0.29, 0.717) is 13.0 Å². The highest BCUT2D eigenvalue weighted by Gasteiger charge is 2.44. The molecule has 1 aromatic heterocycles. The predicted octanol–water partition coefficient (Wildman–Crippen LogP) is 5.47. The average molecular weight is 771 g/mol. The summed E-state index contributed by atoms with van der Waals surface area (Å²) in [5.74, 6) is -1.13. The Morgan fingerprint density at radius 3 is 2.25 bits per heavy atom. The number of rotatable bonds is 18. The minimum atomic E-state index is -3.77. The lowest BCUT2D eigenvalue weighted by Crippen LogP contribution is -2.58. The second-order valence-electron chi connectivity index (χ2n) is 14.7. The Morgan fingerprint density at radius 1 is 0.962 bits per heavy atom. The molecular weight excluding hydrogens is 717 g/mol. The number of hydrogen-bond donors (Lipinski definition) is 3. The van der Waals surface area contributed by atoms with Gasteiger partial charge in [0.05, 0.1) is 46.3 Å². The smallest absolute Gasteiger partial charge is 0.296 e. The second-order valence-corrected chi connectivity index (χ2v) is 17.2. The fraction of sp³-hybridized carbons (Fsp3) is 0.538. The summed E-state index contributed by atoms with van der Waals surface area (Å²) in [5, 5.41) is 16.4. The van der Waals surface area contributed by atoms with Crippen LogP contribution >= 0.6 is 11.3 Å². The Bertz CT molecular complexity index is 1770. The van der Waals surface area contributed by atoms with Gasteiger partial charge in [0.15, 0.2) is 0 Å². The molecule has 14 heteroatoms. The summed E-state index contributed by atoms with van der Waals surface area (Å²) < 4.78 is 35.4. The first-order valence-corrected chi connectivity index (χ1v) is 20.5. The van der Waals surface area contributed by atoms with E-state index in [-0.39, 0.29) is 55.4 Å². The number of β-amino-alcohol motifs (C(OH)–C–C–N with tert-alkyl or cyclic N) is 1. The highest BCUT2D eigenvalue weighted by atomic mass is 32.2. The topological polar surface area (TPSA) is 164 Å². The Balaban J connectivity index is 1.19. The summed E-state index contributed by atoms with van der Waals surface area (Å²) in [5.41, 5.74) is 5.03. The molecule has 1 aliphatic rings. The maximum atomic E-state index is 13.9. The molecule has 0 bridgehead atoms. The van der Waals surface area contributed by atoms with Crippen molar-refractivity contribution >= 4 is 39.2 Å². The van der Waals surface area contributed by atoms with Gasteiger partial charge in [0.25, 0.3) is 10.1 Å². The summed E-state index contributed by atoms with van der Waals surface area (Å²) >= 11 is 1.57. The van der Waals surface area contributed by atoms with Gasteiger partial charge in [-0.05, 0) is 62.3 Å². The molecule has 3 N–H and O–H groups in total. The number of ether oxygens (including phenoxy) is 1. The molecule has 3 aromatic rings. The zero-order valence-electron chi connectivity index (χ0n) is 31.6. The highest BCUT2D eigenvalue weighted by Crippen LogP contribution is 2.29. The molecule has 0 spiro atoms. The van der Waals surface area contributed by atoms with Crippen LogP contribution in [0.4, 0.5) is 0 Å². The van der Waals surface area contributed by atoms with Crippen molar-refractivity contribution in [2.24, 2.45) is 5.41 Å². The number of nitrogens with zero attached hydrogens (tertiary/aromatic N) is 2. The number of thiazole rings is 1. The van der Waals surface area contributed by atoms with Gasteiger partial charge in [-0.3, -0.25) is 18.6 Å². The number of aromatic nitrogens is 1. The van der Waals surface area contributed by atoms with Crippen molar-refractivity contribution in [2.45, 2.75) is 109 Å². The number of carbonyl (C=O) groups is 3. The lowest BCUT2D eigenvalue weighted by Gasteiger charge is -2.35. The third kappa shape index (κ3) is 12.2. The maximum Gasteiger partial charge on any atom is 0.296 e. The van der Waals surface area contributed by atoms with Crippen molar-refractivity contribution in [3.8, 4) is 10.4 Å². The fourth-order valence-corrected chi connectivity index (χ4v) is 7.87. The summed E-state index contributed by atoms with van der Waals surface area (Å²) in [6, 6.07) is 12.3. The van der Waals surface area contributed by atoms with Crippen molar-refractivity contribution in [1.29, 1.82) is 0 Å². The van der Waals surface area contributed by atoms with Crippen LogP contribution in [-0.4, -0.2) is 85.7 Å². The fourth-order valence-electron chi connectivity index (χ4n) is 6.12. The molecule has 4 rings (SSSR count). The van der Waals surface area contributed by atoms with E-state index in [9.17, 15) is 27.9 Å². The van der Waals surface area contributed by atoms with Crippen molar-refractivity contribution in [2.75, 3.05) is 26.4 Å². The van der Waals surface area contributed by atoms with Gasteiger partial charge in [0, 0.05) is 26.0 Å². The number of aliphatic hydroxyl groups is 1. The first kappa shape index (κ1) is 42.1. The number of likely N-dealkylation sites (tertiary alicyclic amines) is 1. The third-order valence-corrected chi connectivity index (χ3v) is 11.6. The first-order chi connectivity index (χ1) is 25.1. The van der Waals surface area contributed by atoms with Crippen LogP contribution in [0.2, 0.25) is 0 Å². The molecule has 2 unspecified atom stereocenters. The van der Waals surface area contributed by atoms with E-state index in [1.807, 2.05) is 71.3 Å². The Morgan fingerprint density at radius 2 is 1.62 bits per heavy atom. The lowest BCUT2D eigenvalue weighted by molar-refractivity contribution is -0.144. The molecule has 12 nitrogen and oxygen atoms in total. The van der Waals surface area contributed by atoms with Crippen LogP contribution < -0.4 is 10.6 Å². The predicted molar refractivity (Wildman–Crippen MR) is 205 cm³/mol. The summed E-state index contributed by atoms with van der Waals surface area (Å²) in [7, 11) is -3.77. The van der Waals surface area contributed by atoms with Crippen molar-refractivity contribution in [3.05, 3.63) is 70.9 Å². The molecule has 1 saturated heterocycles. The minimum Gasteiger partial charge on any atom is -0.391 e. The molecule has 290 valence electrons. The molecule has 3 amide bonds. The van der Waals surface area contributed by atoms with Gasteiger partial charge >= 0.3 is 0 Å². The standard InChI is InChI=1S/C39H54N4O8S2/c1-26-11-17-32(18-12-26)53(48,49)51-21-10-8-7-9-20-50-22-19-34(45)42-36(39(4,5)6)38(47)43-24-31(44)23-33(43)37(46)41-27(2)29-13-15-30(16-14-29)35-28(3)40-25-52-35/h11-18,25,27,31,33,36,44H,7-10,19-24H2,1-6H3,(H,41,46)(H,42,45)/t27?,31-,33+,36?/m1/s1. The normalized spacial score (nSPS) is 17.4. The number of aliphatic hydroxyl groups excluding tert-OH is 1. The maximum absolute atomic E-state index is 13.9. The molecule has 0 radical (unpaired) electrons. The molecule has 0 aliphatic carbocycles. The van der Waals surface area contributed by atoms with E-state index in [4.69, 9.17) is 8.92 Å². The van der Waals surface area contributed by atoms with Gasteiger partial charge in [0.1, 0.15) is 12.1 Å². The number of hydrogen-bond acceptors (Lipinski definition) is 10. The summed E-state index contributed by atoms with van der Waals surface area (Å²) in [4.78, 5) is 47.4. The van der Waals surface area contributed by atoms with Crippen molar-refractivity contribution in [3.63, 3.8) is 0 Å². The van der Waals surface area contributed by atoms with E-state index in [1.165, 1.54) is 17.0 Å². The van der Waals surface area contributed by atoms with E-state index in [0.717, 1.165) is 46.5 Å². The Labute approximate surface area is 317 Å². The molecule has 1 aliphatic heterocycles. The van der Waals surface area contributed by atoms with Crippen LogP contribution in [0.3, 0.4) is 0 Å². The molecule has 2 heterocycles. The van der Waals surface area contributed by atoms with Crippen LogP contribution in [0.25, 0.3) is 10.4 Å². The number of aryl methyl sites for hydroxylation is 2.